The molecule has 0 fully saturated rings. The van der Waals surface area contributed by atoms with Gasteiger partial charge < -0.3 is 0 Å². The molecule has 1 atom stereocenters. The van der Waals surface area contributed by atoms with Gasteiger partial charge in [0.25, 0.3) is 0 Å². The fraction of sp³-hybridized carbons (Fsp3) is 0.300. The van der Waals surface area contributed by atoms with E-state index in [-0.39, 0.29) is 0 Å². The zero-order chi connectivity index (χ0) is 15.9. The molecule has 2 aromatic rings. The number of allylic oxidation sites excluding steroid dienone is 1. The minimum atomic E-state index is 0.470. The van der Waals surface area contributed by atoms with Gasteiger partial charge in [-0.1, -0.05) is 71.4 Å². The van der Waals surface area contributed by atoms with Gasteiger partial charge in [0.1, 0.15) is 0 Å². The average molecular weight is 310 g/mol. The summed E-state index contributed by atoms with van der Waals surface area (Å²) in [7, 11) is 1.14. The summed E-state index contributed by atoms with van der Waals surface area (Å²) >= 11 is 0. The molecule has 0 spiro atoms. The van der Waals surface area contributed by atoms with E-state index in [0.717, 1.165) is 23.3 Å². The lowest BCUT2D eigenvalue weighted by atomic mass is 10.1. The SMILES string of the molecule is CC([SiH3])=C(C)C(C)N(Cc1ccccc1)Cc1ccccc1. The van der Waals surface area contributed by atoms with E-state index in [9.17, 15) is 0 Å². The largest absolute Gasteiger partial charge is 0.288 e. The molecule has 1 unspecified atom stereocenters. The second-order valence-corrected chi connectivity index (χ2v) is 7.74. The van der Waals surface area contributed by atoms with Gasteiger partial charge in [-0.05, 0) is 31.9 Å². The Morgan fingerprint density at radius 3 is 1.64 bits per heavy atom. The van der Waals surface area contributed by atoms with Crippen LogP contribution in [0.15, 0.2) is 71.4 Å². The van der Waals surface area contributed by atoms with Crippen LogP contribution in [-0.4, -0.2) is 21.2 Å². The molecule has 0 saturated carbocycles. The Balaban J connectivity index is 2.22. The maximum Gasteiger partial charge on any atom is 0.0329 e. The molecule has 1 nitrogen and oxygen atoms in total. The van der Waals surface area contributed by atoms with Crippen molar-refractivity contribution < 1.29 is 0 Å². The smallest absolute Gasteiger partial charge is 0.0329 e. The zero-order valence-corrected chi connectivity index (χ0v) is 16.2. The van der Waals surface area contributed by atoms with Crippen molar-refractivity contribution in [2.75, 3.05) is 0 Å². The Bertz CT molecular complexity index is 559. The normalized spacial score (nSPS) is 14.0. The lowest BCUT2D eigenvalue weighted by Gasteiger charge is -2.31. The quantitative estimate of drug-likeness (QED) is 0.735. The Morgan fingerprint density at radius 1 is 0.864 bits per heavy atom. The first kappa shape index (κ1) is 16.7. The lowest BCUT2D eigenvalue weighted by molar-refractivity contribution is 0.214. The van der Waals surface area contributed by atoms with Gasteiger partial charge in [-0.25, -0.2) is 0 Å². The first-order chi connectivity index (χ1) is 10.6. The van der Waals surface area contributed by atoms with Crippen LogP contribution in [-0.2, 0) is 13.1 Å². The number of benzene rings is 2. The zero-order valence-electron chi connectivity index (χ0n) is 14.2. The van der Waals surface area contributed by atoms with Crippen LogP contribution in [0.5, 0.6) is 0 Å². The van der Waals surface area contributed by atoms with Gasteiger partial charge >= 0.3 is 0 Å². The molecule has 0 aliphatic carbocycles. The third-order valence-corrected chi connectivity index (χ3v) is 5.21. The molecule has 0 radical (unpaired) electrons. The molecular formula is C20H27NSi. The first-order valence-electron chi connectivity index (χ1n) is 8.04. The molecule has 0 saturated heterocycles. The van der Waals surface area contributed by atoms with E-state index in [1.165, 1.54) is 16.7 Å². The van der Waals surface area contributed by atoms with Gasteiger partial charge in [-0.2, -0.15) is 0 Å². The predicted octanol–water partition coefficient (Wildman–Crippen LogP) is 3.74. The van der Waals surface area contributed by atoms with E-state index in [1.807, 2.05) is 0 Å². The number of hydrogen-bond acceptors (Lipinski definition) is 1. The fourth-order valence-electron chi connectivity index (χ4n) is 2.66. The molecule has 0 N–H and O–H groups in total. The van der Waals surface area contributed by atoms with Crippen molar-refractivity contribution in [1.29, 1.82) is 0 Å². The summed E-state index contributed by atoms with van der Waals surface area (Å²) < 4.78 is 0. The molecule has 0 amide bonds. The Labute approximate surface area is 138 Å². The van der Waals surface area contributed by atoms with Gasteiger partial charge in [-0.3, -0.25) is 4.90 Å². The molecule has 0 aliphatic rings. The highest BCUT2D eigenvalue weighted by molar-refractivity contribution is 6.21. The molecule has 0 bridgehead atoms. The highest BCUT2D eigenvalue weighted by Crippen LogP contribution is 2.19. The Kier molecular flexibility index (Phi) is 6.17. The summed E-state index contributed by atoms with van der Waals surface area (Å²) in [6.07, 6.45) is 0. The standard InChI is InChI=1S/C20H27NSi/c1-16(18(3)22)17(2)21(14-19-10-6-4-7-11-19)15-20-12-8-5-9-13-20/h4-13,17H,14-15H2,1-3,22H3. The molecule has 22 heavy (non-hydrogen) atoms. The predicted molar refractivity (Wildman–Crippen MR) is 99.9 cm³/mol. The summed E-state index contributed by atoms with van der Waals surface area (Å²) in [5.41, 5.74) is 4.28. The van der Waals surface area contributed by atoms with E-state index in [0.29, 0.717) is 6.04 Å². The first-order valence-corrected chi connectivity index (χ1v) is 9.04. The van der Waals surface area contributed by atoms with Gasteiger partial charge in [0.2, 0.25) is 0 Å². The van der Waals surface area contributed by atoms with E-state index in [4.69, 9.17) is 0 Å². The molecule has 0 aromatic heterocycles. The monoisotopic (exact) mass is 309 g/mol. The van der Waals surface area contributed by atoms with Crippen LogP contribution in [0.3, 0.4) is 0 Å². The maximum atomic E-state index is 2.57. The number of hydrogen-bond donors (Lipinski definition) is 0. The van der Waals surface area contributed by atoms with Gasteiger partial charge in [0.05, 0.1) is 0 Å². The van der Waals surface area contributed by atoms with Crippen molar-refractivity contribution in [3.63, 3.8) is 0 Å². The lowest BCUT2D eigenvalue weighted by Crippen LogP contribution is -2.33. The highest BCUT2D eigenvalue weighted by atomic mass is 28.1. The minimum absolute atomic E-state index is 0.470. The van der Waals surface area contributed by atoms with Crippen LogP contribution < -0.4 is 0 Å². The van der Waals surface area contributed by atoms with Crippen LogP contribution in [0.4, 0.5) is 0 Å². The average Bonchev–Trinajstić information content (AvgIpc) is 2.54. The maximum absolute atomic E-state index is 2.57. The molecule has 0 aliphatic heterocycles. The minimum Gasteiger partial charge on any atom is -0.288 e. The molecule has 2 heteroatoms. The van der Waals surface area contributed by atoms with Crippen LogP contribution in [0.2, 0.25) is 0 Å². The van der Waals surface area contributed by atoms with E-state index in [1.54, 1.807) is 5.20 Å². The number of rotatable bonds is 6. The van der Waals surface area contributed by atoms with Crippen molar-refractivity contribution >= 4 is 10.2 Å². The summed E-state index contributed by atoms with van der Waals surface area (Å²) in [6.45, 7) is 8.87. The molecule has 2 aromatic carbocycles. The third kappa shape index (κ3) is 4.69. The second kappa shape index (κ2) is 8.11. The van der Waals surface area contributed by atoms with Crippen LogP contribution in [0.1, 0.15) is 31.9 Å². The third-order valence-electron chi connectivity index (χ3n) is 4.42. The van der Waals surface area contributed by atoms with Crippen molar-refractivity contribution in [2.45, 2.75) is 39.9 Å². The van der Waals surface area contributed by atoms with Crippen molar-refractivity contribution in [2.24, 2.45) is 0 Å². The van der Waals surface area contributed by atoms with Crippen molar-refractivity contribution in [3.8, 4) is 0 Å². The summed E-state index contributed by atoms with van der Waals surface area (Å²) in [5.74, 6) is 0. The number of nitrogens with zero attached hydrogens (tertiary/aromatic N) is 1. The van der Waals surface area contributed by atoms with E-state index >= 15 is 0 Å². The highest BCUT2D eigenvalue weighted by Gasteiger charge is 2.17. The molecule has 2 rings (SSSR count). The fourth-order valence-corrected chi connectivity index (χ4v) is 3.08. The van der Waals surface area contributed by atoms with Crippen molar-refractivity contribution in [3.05, 3.63) is 82.6 Å². The van der Waals surface area contributed by atoms with Gasteiger partial charge in [-0.15, -0.1) is 0 Å². The molecule has 0 heterocycles. The van der Waals surface area contributed by atoms with E-state index < -0.39 is 0 Å². The van der Waals surface area contributed by atoms with Crippen LogP contribution in [0.25, 0.3) is 0 Å². The Morgan fingerprint density at radius 2 is 1.27 bits per heavy atom. The summed E-state index contributed by atoms with van der Waals surface area (Å²) in [5, 5.41) is 1.55. The van der Waals surface area contributed by atoms with Crippen LogP contribution in [0, 0.1) is 0 Å². The van der Waals surface area contributed by atoms with Crippen LogP contribution >= 0.6 is 0 Å². The summed E-state index contributed by atoms with van der Waals surface area (Å²) in [6, 6.07) is 22.0. The molecular weight excluding hydrogens is 282 g/mol. The Hall–Kier alpha value is -1.64. The van der Waals surface area contributed by atoms with Gasteiger partial charge in [0, 0.05) is 29.4 Å². The second-order valence-electron chi connectivity index (χ2n) is 6.24. The molecule has 116 valence electrons. The topological polar surface area (TPSA) is 3.24 Å². The van der Waals surface area contributed by atoms with Crippen molar-refractivity contribution in [1.82, 2.24) is 4.90 Å². The van der Waals surface area contributed by atoms with E-state index in [2.05, 4.69) is 86.3 Å². The summed E-state index contributed by atoms with van der Waals surface area (Å²) in [4.78, 5) is 2.57. The van der Waals surface area contributed by atoms with Gasteiger partial charge in [0.15, 0.2) is 0 Å².